The summed E-state index contributed by atoms with van der Waals surface area (Å²) in [4.78, 5) is 15.5. The van der Waals surface area contributed by atoms with Crippen LogP contribution in [0.4, 0.5) is 0 Å². The molecule has 0 aliphatic heterocycles. The summed E-state index contributed by atoms with van der Waals surface area (Å²) in [5.41, 5.74) is 2.31. The van der Waals surface area contributed by atoms with Gasteiger partial charge in [0.2, 0.25) is 5.89 Å². The quantitative estimate of drug-likeness (QED) is 0.738. The summed E-state index contributed by atoms with van der Waals surface area (Å²) in [6.45, 7) is 1.53. The first-order valence-corrected chi connectivity index (χ1v) is 6.50. The summed E-state index contributed by atoms with van der Waals surface area (Å²) < 4.78 is 5.72. The number of Topliss-reactive ketones (excluding diaryl/α,β-unsaturated/α-hetero) is 1. The van der Waals surface area contributed by atoms with Crippen LogP contribution in [-0.4, -0.2) is 15.9 Å². The number of hydrogen-bond donors (Lipinski definition) is 1. The fourth-order valence-electron chi connectivity index (χ4n) is 2.01. The SMILES string of the molecule is CC(=O)c1ccc(-c2ncc(-c3ccc(O)cc3)o2)cc1. The van der Waals surface area contributed by atoms with Crippen LogP contribution in [0, 0.1) is 0 Å². The predicted molar refractivity (Wildman–Crippen MR) is 79.0 cm³/mol. The standard InChI is InChI=1S/C17H13NO3/c1-11(19)12-2-4-14(5-3-12)17-18-10-16(21-17)13-6-8-15(20)9-7-13/h2-10,20H,1H3. The van der Waals surface area contributed by atoms with Crippen molar-refractivity contribution >= 4 is 5.78 Å². The van der Waals surface area contributed by atoms with Crippen LogP contribution < -0.4 is 0 Å². The van der Waals surface area contributed by atoms with Crippen molar-refractivity contribution in [3.63, 3.8) is 0 Å². The van der Waals surface area contributed by atoms with Gasteiger partial charge in [-0.25, -0.2) is 4.98 Å². The van der Waals surface area contributed by atoms with Gasteiger partial charge >= 0.3 is 0 Å². The Hall–Kier alpha value is -2.88. The van der Waals surface area contributed by atoms with Crippen LogP contribution in [0.1, 0.15) is 17.3 Å². The molecule has 0 aliphatic rings. The molecule has 0 aliphatic carbocycles. The van der Waals surface area contributed by atoms with E-state index in [1.165, 1.54) is 6.92 Å². The molecule has 4 heteroatoms. The summed E-state index contributed by atoms with van der Waals surface area (Å²) >= 11 is 0. The number of oxazole rings is 1. The molecular weight excluding hydrogens is 266 g/mol. The molecule has 4 nitrogen and oxygen atoms in total. The first-order chi connectivity index (χ1) is 10.1. The van der Waals surface area contributed by atoms with Gasteiger partial charge in [0.1, 0.15) is 5.75 Å². The molecule has 0 bridgehead atoms. The first kappa shape index (κ1) is 13.1. The monoisotopic (exact) mass is 279 g/mol. The molecule has 3 aromatic rings. The van der Waals surface area contributed by atoms with Crippen molar-refractivity contribution in [2.24, 2.45) is 0 Å². The number of ketones is 1. The molecule has 0 saturated heterocycles. The van der Waals surface area contributed by atoms with Gasteiger partial charge in [0.15, 0.2) is 11.5 Å². The van der Waals surface area contributed by atoms with E-state index in [1.54, 1.807) is 42.6 Å². The van der Waals surface area contributed by atoms with Gasteiger partial charge in [-0.15, -0.1) is 0 Å². The van der Waals surface area contributed by atoms with Gasteiger partial charge in [-0.05, 0) is 43.3 Å². The van der Waals surface area contributed by atoms with Crippen molar-refractivity contribution in [2.45, 2.75) is 6.92 Å². The number of aromatic nitrogens is 1. The minimum Gasteiger partial charge on any atom is -0.508 e. The van der Waals surface area contributed by atoms with Crippen LogP contribution in [0.15, 0.2) is 59.1 Å². The van der Waals surface area contributed by atoms with Gasteiger partial charge in [0.05, 0.1) is 6.20 Å². The van der Waals surface area contributed by atoms with Crippen molar-refractivity contribution in [2.75, 3.05) is 0 Å². The smallest absolute Gasteiger partial charge is 0.226 e. The molecule has 1 aromatic heterocycles. The molecule has 0 saturated carbocycles. The lowest BCUT2D eigenvalue weighted by atomic mass is 10.1. The Morgan fingerprint density at radius 2 is 1.62 bits per heavy atom. The van der Waals surface area contributed by atoms with Crippen molar-refractivity contribution in [1.29, 1.82) is 0 Å². The summed E-state index contributed by atoms with van der Waals surface area (Å²) in [7, 11) is 0. The summed E-state index contributed by atoms with van der Waals surface area (Å²) in [6, 6.07) is 13.8. The molecule has 21 heavy (non-hydrogen) atoms. The Labute approximate surface area is 121 Å². The minimum absolute atomic E-state index is 0.0266. The Bertz CT molecular complexity index is 771. The van der Waals surface area contributed by atoms with Crippen molar-refractivity contribution in [3.8, 4) is 28.5 Å². The molecule has 0 atom stereocenters. The lowest BCUT2D eigenvalue weighted by Crippen LogP contribution is -1.90. The molecular formula is C17H13NO3. The molecule has 1 N–H and O–H groups in total. The van der Waals surface area contributed by atoms with Crippen molar-refractivity contribution < 1.29 is 14.3 Å². The number of rotatable bonds is 3. The zero-order chi connectivity index (χ0) is 14.8. The molecule has 3 rings (SSSR count). The second kappa shape index (κ2) is 5.25. The average Bonchev–Trinajstić information content (AvgIpc) is 2.98. The largest absolute Gasteiger partial charge is 0.508 e. The number of phenolic OH excluding ortho intramolecular Hbond substituents is 1. The highest BCUT2D eigenvalue weighted by Crippen LogP contribution is 2.27. The Kier molecular flexibility index (Phi) is 3.28. The van der Waals surface area contributed by atoms with Gasteiger partial charge in [0.25, 0.3) is 0 Å². The van der Waals surface area contributed by atoms with E-state index in [4.69, 9.17) is 4.42 Å². The highest BCUT2D eigenvalue weighted by Gasteiger charge is 2.09. The Morgan fingerprint density at radius 1 is 1.00 bits per heavy atom. The van der Waals surface area contributed by atoms with Gasteiger partial charge in [-0.3, -0.25) is 4.79 Å². The van der Waals surface area contributed by atoms with E-state index < -0.39 is 0 Å². The maximum atomic E-state index is 11.3. The van der Waals surface area contributed by atoms with E-state index in [0.29, 0.717) is 17.2 Å². The third kappa shape index (κ3) is 2.69. The molecule has 0 amide bonds. The fourth-order valence-corrected chi connectivity index (χ4v) is 2.01. The van der Waals surface area contributed by atoms with Crippen molar-refractivity contribution in [3.05, 3.63) is 60.3 Å². The topological polar surface area (TPSA) is 63.3 Å². The minimum atomic E-state index is 0.0266. The van der Waals surface area contributed by atoms with E-state index >= 15 is 0 Å². The number of carbonyl (C=O) groups is 1. The maximum absolute atomic E-state index is 11.3. The van der Waals surface area contributed by atoms with E-state index in [9.17, 15) is 9.90 Å². The van der Waals surface area contributed by atoms with Crippen LogP contribution >= 0.6 is 0 Å². The lowest BCUT2D eigenvalue weighted by molar-refractivity contribution is 0.101. The van der Waals surface area contributed by atoms with Gasteiger partial charge in [-0.1, -0.05) is 12.1 Å². The normalized spacial score (nSPS) is 10.5. The molecule has 104 valence electrons. The fraction of sp³-hybridized carbons (Fsp3) is 0.0588. The molecule has 0 radical (unpaired) electrons. The van der Waals surface area contributed by atoms with Crippen LogP contribution in [0.5, 0.6) is 5.75 Å². The van der Waals surface area contributed by atoms with Gasteiger partial charge < -0.3 is 9.52 Å². The Balaban J connectivity index is 1.90. The van der Waals surface area contributed by atoms with E-state index in [0.717, 1.165) is 11.1 Å². The highest BCUT2D eigenvalue weighted by atomic mass is 16.4. The van der Waals surface area contributed by atoms with E-state index in [1.807, 2.05) is 12.1 Å². The second-order valence-electron chi connectivity index (χ2n) is 4.71. The van der Waals surface area contributed by atoms with Crippen LogP contribution in [0.2, 0.25) is 0 Å². The lowest BCUT2D eigenvalue weighted by Gasteiger charge is -1.99. The third-order valence-electron chi connectivity index (χ3n) is 3.20. The molecule has 1 heterocycles. The maximum Gasteiger partial charge on any atom is 0.226 e. The van der Waals surface area contributed by atoms with E-state index in [2.05, 4.69) is 4.98 Å². The molecule has 0 spiro atoms. The van der Waals surface area contributed by atoms with E-state index in [-0.39, 0.29) is 11.5 Å². The Morgan fingerprint density at radius 3 is 2.24 bits per heavy atom. The number of aromatic hydroxyl groups is 1. The zero-order valence-electron chi connectivity index (χ0n) is 11.4. The average molecular weight is 279 g/mol. The molecule has 0 unspecified atom stereocenters. The predicted octanol–water partition coefficient (Wildman–Crippen LogP) is 3.92. The van der Waals surface area contributed by atoms with Crippen molar-refractivity contribution in [1.82, 2.24) is 4.98 Å². The summed E-state index contributed by atoms with van der Waals surface area (Å²) in [6.07, 6.45) is 1.64. The van der Waals surface area contributed by atoms with Crippen LogP contribution in [0.3, 0.4) is 0 Å². The highest BCUT2D eigenvalue weighted by molar-refractivity contribution is 5.94. The number of nitrogens with zero attached hydrogens (tertiary/aromatic N) is 1. The molecule has 0 fully saturated rings. The number of carbonyl (C=O) groups excluding carboxylic acids is 1. The second-order valence-corrected chi connectivity index (χ2v) is 4.71. The molecule has 2 aromatic carbocycles. The third-order valence-corrected chi connectivity index (χ3v) is 3.20. The first-order valence-electron chi connectivity index (χ1n) is 6.50. The summed E-state index contributed by atoms with van der Waals surface area (Å²) in [5, 5.41) is 9.28. The van der Waals surface area contributed by atoms with Crippen LogP contribution in [0.25, 0.3) is 22.8 Å². The summed E-state index contributed by atoms with van der Waals surface area (Å²) in [5.74, 6) is 1.35. The van der Waals surface area contributed by atoms with Gasteiger partial charge in [0, 0.05) is 16.7 Å². The number of benzene rings is 2. The van der Waals surface area contributed by atoms with Gasteiger partial charge in [-0.2, -0.15) is 0 Å². The zero-order valence-corrected chi connectivity index (χ0v) is 11.4. The number of hydrogen-bond acceptors (Lipinski definition) is 4. The van der Waals surface area contributed by atoms with Crippen LogP contribution in [-0.2, 0) is 0 Å². The number of phenols is 1.